The Morgan fingerprint density at radius 1 is 1.00 bits per heavy atom. The third-order valence-electron chi connectivity index (χ3n) is 4.86. The Hall–Kier alpha value is -0.0800. The van der Waals surface area contributed by atoms with Crippen LogP contribution < -0.4 is 9.80 Å². The summed E-state index contributed by atoms with van der Waals surface area (Å²) >= 11 is 0. The van der Waals surface area contributed by atoms with Crippen LogP contribution in [0.4, 0.5) is 0 Å². The Balaban J connectivity index is 1.79. The van der Waals surface area contributed by atoms with E-state index in [9.17, 15) is 0 Å². The highest BCUT2D eigenvalue weighted by molar-refractivity contribution is 4.69. The molecule has 0 aromatic rings. The first-order chi connectivity index (χ1) is 7.66. The van der Waals surface area contributed by atoms with Gasteiger partial charge in [-0.15, -0.1) is 0 Å². The molecule has 0 unspecified atom stereocenters. The predicted molar refractivity (Wildman–Crippen MR) is 67.9 cm³/mol. The maximum absolute atomic E-state index is 2.45. The van der Waals surface area contributed by atoms with Crippen LogP contribution in [0.2, 0.25) is 0 Å². The largest absolute Gasteiger partial charge is 0.324 e. The standard InChI is InChI=1S/C14H28N2/c1-12(2)15-7-9-16(10-8-15)14-6-4-5-13(3)11-14/h12-14H,4-11H2,1-3H3/p+2/t13-,14-/m1/s1. The third-order valence-corrected chi connectivity index (χ3v) is 4.86. The molecule has 2 nitrogen and oxygen atoms in total. The van der Waals surface area contributed by atoms with Gasteiger partial charge in [-0.25, -0.2) is 0 Å². The fraction of sp³-hybridized carbons (Fsp3) is 1.00. The van der Waals surface area contributed by atoms with Gasteiger partial charge in [-0.1, -0.05) is 13.3 Å². The van der Waals surface area contributed by atoms with Gasteiger partial charge in [0.2, 0.25) is 0 Å². The average Bonchev–Trinajstić information content (AvgIpc) is 2.29. The van der Waals surface area contributed by atoms with Crippen LogP contribution in [0.15, 0.2) is 0 Å². The number of hydrogen-bond acceptors (Lipinski definition) is 0. The number of rotatable bonds is 2. The second kappa shape index (κ2) is 5.50. The molecule has 1 aliphatic carbocycles. The third kappa shape index (κ3) is 2.98. The minimum atomic E-state index is 0.826. The van der Waals surface area contributed by atoms with Gasteiger partial charge in [0.05, 0.1) is 12.1 Å². The van der Waals surface area contributed by atoms with Gasteiger partial charge >= 0.3 is 0 Å². The van der Waals surface area contributed by atoms with Crippen molar-refractivity contribution in [2.45, 2.75) is 58.5 Å². The smallest absolute Gasteiger partial charge is 0.127 e. The molecule has 2 N–H and O–H groups in total. The SMILES string of the molecule is CC(C)[NH+]1CC[NH+]([C@@H]2CCC[C@@H](C)C2)CC1. The fourth-order valence-corrected chi connectivity index (χ4v) is 3.68. The quantitative estimate of drug-likeness (QED) is 0.643. The van der Waals surface area contributed by atoms with Crippen molar-refractivity contribution in [3.63, 3.8) is 0 Å². The highest BCUT2D eigenvalue weighted by Gasteiger charge is 2.32. The van der Waals surface area contributed by atoms with Crippen LogP contribution in [0.1, 0.15) is 46.5 Å². The maximum Gasteiger partial charge on any atom is 0.127 e. The molecular weight excluding hydrogens is 196 g/mol. The average molecular weight is 226 g/mol. The summed E-state index contributed by atoms with van der Waals surface area (Å²) in [5, 5.41) is 0. The molecule has 16 heavy (non-hydrogen) atoms. The van der Waals surface area contributed by atoms with Gasteiger partial charge in [0.1, 0.15) is 26.2 Å². The van der Waals surface area contributed by atoms with Crippen LogP contribution in [0, 0.1) is 5.92 Å². The number of nitrogens with one attached hydrogen (secondary N) is 2. The van der Waals surface area contributed by atoms with Gasteiger partial charge in [-0.3, -0.25) is 0 Å². The second-order valence-electron chi connectivity index (χ2n) is 6.44. The zero-order chi connectivity index (χ0) is 11.5. The Labute approximate surface area is 101 Å². The maximum atomic E-state index is 2.45. The number of hydrogen-bond donors (Lipinski definition) is 2. The van der Waals surface area contributed by atoms with Crippen LogP contribution >= 0.6 is 0 Å². The van der Waals surface area contributed by atoms with Gasteiger partial charge in [-0.05, 0) is 32.6 Å². The highest BCUT2D eigenvalue weighted by Crippen LogP contribution is 2.21. The molecule has 2 aliphatic rings. The molecule has 0 bridgehead atoms. The van der Waals surface area contributed by atoms with Crippen molar-refractivity contribution in [1.29, 1.82) is 0 Å². The van der Waals surface area contributed by atoms with E-state index in [0.29, 0.717) is 0 Å². The Morgan fingerprint density at radius 2 is 1.69 bits per heavy atom. The molecule has 0 radical (unpaired) electrons. The van der Waals surface area contributed by atoms with Crippen molar-refractivity contribution in [2.24, 2.45) is 5.92 Å². The topological polar surface area (TPSA) is 8.88 Å². The van der Waals surface area contributed by atoms with E-state index in [-0.39, 0.29) is 0 Å². The molecule has 0 aromatic carbocycles. The zero-order valence-electron chi connectivity index (χ0n) is 11.4. The van der Waals surface area contributed by atoms with Crippen molar-refractivity contribution in [3.05, 3.63) is 0 Å². The zero-order valence-corrected chi connectivity index (χ0v) is 11.4. The fourth-order valence-electron chi connectivity index (χ4n) is 3.68. The van der Waals surface area contributed by atoms with Crippen molar-refractivity contribution < 1.29 is 9.80 Å². The first kappa shape index (κ1) is 12.4. The summed E-state index contributed by atoms with van der Waals surface area (Å²) in [5.41, 5.74) is 0. The summed E-state index contributed by atoms with van der Waals surface area (Å²) in [6.07, 6.45) is 5.95. The van der Waals surface area contributed by atoms with Gasteiger partial charge in [0.15, 0.2) is 0 Å². The van der Waals surface area contributed by atoms with Gasteiger partial charge in [0, 0.05) is 6.42 Å². The van der Waals surface area contributed by atoms with Crippen LogP contribution in [0.5, 0.6) is 0 Å². The molecule has 1 aliphatic heterocycles. The van der Waals surface area contributed by atoms with E-state index in [2.05, 4.69) is 20.8 Å². The minimum Gasteiger partial charge on any atom is -0.324 e. The molecule has 0 spiro atoms. The summed E-state index contributed by atoms with van der Waals surface area (Å²) in [7, 11) is 0. The van der Waals surface area contributed by atoms with E-state index in [1.807, 2.05) is 9.80 Å². The van der Waals surface area contributed by atoms with E-state index < -0.39 is 0 Å². The van der Waals surface area contributed by atoms with Crippen molar-refractivity contribution >= 4 is 0 Å². The molecule has 1 saturated carbocycles. The van der Waals surface area contributed by atoms with Crippen LogP contribution in [0.25, 0.3) is 0 Å². The molecular formula is C14H30N2+2. The molecule has 0 aromatic heterocycles. The van der Waals surface area contributed by atoms with E-state index in [0.717, 1.165) is 18.0 Å². The van der Waals surface area contributed by atoms with Crippen LogP contribution in [0.3, 0.4) is 0 Å². The van der Waals surface area contributed by atoms with Crippen LogP contribution in [-0.4, -0.2) is 38.3 Å². The lowest BCUT2D eigenvalue weighted by Gasteiger charge is -2.38. The van der Waals surface area contributed by atoms with Crippen molar-refractivity contribution in [2.75, 3.05) is 26.2 Å². The first-order valence-electron chi connectivity index (χ1n) is 7.36. The number of quaternary nitrogens is 2. The van der Waals surface area contributed by atoms with Crippen molar-refractivity contribution in [1.82, 2.24) is 0 Å². The van der Waals surface area contributed by atoms with Crippen molar-refractivity contribution in [3.8, 4) is 0 Å². The second-order valence-corrected chi connectivity index (χ2v) is 6.44. The molecule has 2 fully saturated rings. The lowest BCUT2D eigenvalue weighted by atomic mass is 9.86. The molecule has 2 rings (SSSR count). The molecule has 2 atom stereocenters. The van der Waals surface area contributed by atoms with E-state index >= 15 is 0 Å². The lowest BCUT2D eigenvalue weighted by Crippen LogP contribution is -3.30. The summed E-state index contributed by atoms with van der Waals surface area (Å²) < 4.78 is 0. The molecule has 1 heterocycles. The Bertz CT molecular complexity index is 207. The molecule has 1 saturated heterocycles. The molecule has 2 heteroatoms. The van der Waals surface area contributed by atoms with Gasteiger partial charge in [0.25, 0.3) is 0 Å². The van der Waals surface area contributed by atoms with Crippen LogP contribution in [-0.2, 0) is 0 Å². The summed E-state index contributed by atoms with van der Waals surface area (Å²) in [6.45, 7) is 12.8. The summed E-state index contributed by atoms with van der Waals surface area (Å²) in [5.74, 6) is 0.988. The Kier molecular flexibility index (Phi) is 4.26. The van der Waals surface area contributed by atoms with E-state index in [1.165, 1.54) is 51.9 Å². The van der Waals surface area contributed by atoms with Gasteiger partial charge < -0.3 is 9.80 Å². The van der Waals surface area contributed by atoms with E-state index in [1.54, 1.807) is 0 Å². The predicted octanol–water partition coefficient (Wildman–Crippen LogP) is -0.243. The minimum absolute atomic E-state index is 0.826. The summed E-state index contributed by atoms with van der Waals surface area (Å²) in [6, 6.07) is 1.82. The first-order valence-corrected chi connectivity index (χ1v) is 7.36. The number of piperazine rings is 1. The van der Waals surface area contributed by atoms with E-state index in [4.69, 9.17) is 0 Å². The monoisotopic (exact) mass is 226 g/mol. The highest BCUT2D eigenvalue weighted by atomic mass is 15.3. The molecule has 94 valence electrons. The normalized spacial score (nSPS) is 41.2. The Morgan fingerprint density at radius 3 is 2.25 bits per heavy atom. The summed E-state index contributed by atoms with van der Waals surface area (Å²) in [4.78, 5) is 3.75. The molecule has 0 amide bonds. The lowest BCUT2D eigenvalue weighted by molar-refractivity contribution is -1.03. The van der Waals surface area contributed by atoms with Gasteiger partial charge in [-0.2, -0.15) is 0 Å².